The average Bonchev–Trinajstić information content (AvgIpc) is 2.70. The molecule has 1 aromatic heterocycles. The van der Waals surface area contributed by atoms with Gasteiger partial charge in [-0.2, -0.15) is 0 Å². The van der Waals surface area contributed by atoms with Gasteiger partial charge in [0.25, 0.3) is 5.91 Å². The summed E-state index contributed by atoms with van der Waals surface area (Å²) in [4.78, 5) is 11.9. The SMILES string of the molecule is Cc1ccc(C(=O)Nc2nncs2)c(C)c1. The van der Waals surface area contributed by atoms with Crippen LogP contribution in [0.25, 0.3) is 0 Å². The van der Waals surface area contributed by atoms with Crippen molar-refractivity contribution in [3.63, 3.8) is 0 Å². The van der Waals surface area contributed by atoms with Crippen LogP contribution in [0.15, 0.2) is 23.7 Å². The van der Waals surface area contributed by atoms with Crippen molar-refractivity contribution >= 4 is 22.4 Å². The molecule has 2 rings (SSSR count). The van der Waals surface area contributed by atoms with E-state index in [2.05, 4.69) is 15.5 Å². The van der Waals surface area contributed by atoms with Crippen LogP contribution in [0.2, 0.25) is 0 Å². The van der Waals surface area contributed by atoms with Crippen molar-refractivity contribution in [2.45, 2.75) is 13.8 Å². The summed E-state index contributed by atoms with van der Waals surface area (Å²) < 4.78 is 0. The van der Waals surface area contributed by atoms with E-state index in [-0.39, 0.29) is 5.91 Å². The molecular formula is C11H11N3OS. The fourth-order valence-corrected chi connectivity index (χ4v) is 1.90. The predicted octanol–water partition coefficient (Wildman–Crippen LogP) is 2.41. The summed E-state index contributed by atoms with van der Waals surface area (Å²) in [7, 11) is 0. The molecule has 2 aromatic rings. The molecule has 0 radical (unpaired) electrons. The lowest BCUT2D eigenvalue weighted by Gasteiger charge is -2.05. The van der Waals surface area contributed by atoms with E-state index in [1.54, 1.807) is 5.51 Å². The minimum absolute atomic E-state index is 0.144. The molecule has 5 heteroatoms. The molecule has 0 spiro atoms. The van der Waals surface area contributed by atoms with Gasteiger partial charge in [0.2, 0.25) is 5.13 Å². The predicted molar refractivity (Wildman–Crippen MR) is 63.8 cm³/mol. The van der Waals surface area contributed by atoms with Crippen LogP contribution in [0.1, 0.15) is 21.5 Å². The first-order valence-electron chi connectivity index (χ1n) is 4.81. The maximum atomic E-state index is 11.9. The van der Waals surface area contributed by atoms with Crippen molar-refractivity contribution in [2.24, 2.45) is 0 Å². The molecule has 0 unspecified atom stereocenters. The van der Waals surface area contributed by atoms with Gasteiger partial charge in [-0.15, -0.1) is 10.2 Å². The molecule has 0 atom stereocenters. The molecule has 1 amide bonds. The number of amides is 1. The van der Waals surface area contributed by atoms with Crippen molar-refractivity contribution in [1.82, 2.24) is 10.2 Å². The molecular weight excluding hydrogens is 222 g/mol. The highest BCUT2D eigenvalue weighted by Crippen LogP contribution is 2.14. The van der Waals surface area contributed by atoms with Crippen molar-refractivity contribution in [2.75, 3.05) is 5.32 Å². The lowest BCUT2D eigenvalue weighted by Crippen LogP contribution is -2.13. The van der Waals surface area contributed by atoms with E-state index < -0.39 is 0 Å². The van der Waals surface area contributed by atoms with Crippen LogP contribution >= 0.6 is 11.3 Å². The zero-order chi connectivity index (χ0) is 11.5. The first-order chi connectivity index (χ1) is 7.66. The van der Waals surface area contributed by atoms with Gasteiger partial charge in [0.1, 0.15) is 5.51 Å². The number of benzene rings is 1. The summed E-state index contributed by atoms with van der Waals surface area (Å²) in [5.74, 6) is -0.144. The highest BCUT2D eigenvalue weighted by Gasteiger charge is 2.10. The monoisotopic (exact) mass is 233 g/mol. The summed E-state index contributed by atoms with van der Waals surface area (Å²) in [6.45, 7) is 3.92. The number of carbonyl (C=O) groups excluding carboxylic acids is 1. The molecule has 0 aliphatic heterocycles. The van der Waals surface area contributed by atoms with Crippen molar-refractivity contribution < 1.29 is 4.79 Å². The van der Waals surface area contributed by atoms with Crippen LogP contribution in [0, 0.1) is 13.8 Å². The summed E-state index contributed by atoms with van der Waals surface area (Å²) in [5.41, 5.74) is 4.35. The van der Waals surface area contributed by atoms with E-state index >= 15 is 0 Å². The molecule has 0 saturated heterocycles. The fourth-order valence-electron chi connectivity index (χ4n) is 1.46. The van der Waals surface area contributed by atoms with Gasteiger partial charge in [0.05, 0.1) is 0 Å². The Morgan fingerprint density at radius 1 is 1.38 bits per heavy atom. The number of nitrogens with zero attached hydrogens (tertiary/aromatic N) is 2. The molecule has 82 valence electrons. The largest absolute Gasteiger partial charge is 0.296 e. The molecule has 1 heterocycles. The molecule has 4 nitrogen and oxygen atoms in total. The normalized spacial score (nSPS) is 10.1. The van der Waals surface area contributed by atoms with Crippen LogP contribution in [0.4, 0.5) is 5.13 Å². The Bertz CT molecular complexity index is 508. The lowest BCUT2D eigenvalue weighted by atomic mass is 10.1. The molecule has 0 aliphatic rings. The number of aromatic nitrogens is 2. The average molecular weight is 233 g/mol. The van der Waals surface area contributed by atoms with Crippen LogP contribution in [0.3, 0.4) is 0 Å². The number of carbonyl (C=O) groups is 1. The van der Waals surface area contributed by atoms with Gasteiger partial charge in [-0.3, -0.25) is 10.1 Å². The van der Waals surface area contributed by atoms with Crippen molar-refractivity contribution in [3.05, 3.63) is 40.4 Å². The van der Waals surface area contributed by atoms with Gasteiger partial charge in [-0.25, -0.2) is 0 Å². The number of aryl methyl sites for hydroxylation is 2. The Hall–Kier alpha value is -1.75. The van der Waals surface area contributed by atoms with E-state index in [1.807, 2.05) is 32.0 Å². The van der Waals surface area contributed by atoms with Gasteiger partial charge in [-0.05, 0) is 25.5 Å². The van der Waals surface area contributed by atoms with E-state index in [9.17, 15) is 4.79 Å². The number of hydrogen-bond donors (Lipinski definition) is 1. The third-order valence-electron chi connectivity index (χ3n) is 2.21. The Morgan fingerprint density at radius 3 is 2.81 bits per heavy atom. The number of nitrogens with one attached hydrogen (secondary N) is 1. The zero-order valence-electron chi connectivity index (χ0n) is 9.02. The second-order valence-electron chi connectivity index (χ2n) is 3.52. The third kappa shape index (κ3) is 2.25. The molecule has 0 saturated carbocycles. The first kappa shape index (κ1) is 10.8. The Morgan fingerprint density at radius 2 is 2.19 bits per heavy atom. The molecule has 0 bridgehead atoms. The van der Waals surface area contributed by atoms with Crippen LogP contribution in [-0.4, -0.2) is 16.1 Å². The third-order valence-corrected chi connectivity index (χ3v) is 2.81. The standard InChI is InChI=1S/C11H11N3OS/c1-7-3-4-9(8(2)5-7)10(15)13-11-14-12-6-16-11/h3-6H,1-2H3,(H,13,14,15). The molecule has 1 N–H and O–H groups in total. The molecule has 1 aromatic carbocycles. The number of anilines is 1. The molecule has 0 aliphatic carbocycles. The van der Waals surface area contributed by atoms with Crippen LogP contribution in [-0.2, 0) is 0 Å². The lowest BCUT2D eigenvalue weighted by molar-refractivity contribution is 0.102. The van der Waals surface area contributed by atoms with E-state index in [0.29, 0.717) is 10.7 Å². The van der Waals surface area contributed by atoms with E-state index in [0.717, 1.165) is 11.1 Å². The first-order valence-corrected chi connectivity index (χ1v) is 5.69. The fraction of sp³-hybridized carbons (Fsp3) is 0.182. The Labute approximate surface area is 97.3 Å². The van der Waals surface area contributed by atoms with E-state index in [1.165, 1.54) is 11.3 Å². The quantitative estimate of drug-likeness (QED) is 0.866. The second kappa shape index (κ2) is 4.40. The zero-order valence-corrected chi connectivity index (χ0v) is 9.84. The maximum absolute atomic E-state index is 11.9. The van der Waals surface area contributed by atoms with Gasteiger partial charge < -0.3 is 0 Å². The number of hydrogen-bond acceptors (Lipinski definition) is 4. The van der Waals surface area contributed by atoms with Crippen LogP contribution < -0.4 is 5.32 Å². The molecule has 0 fully saturated rings. The van der Waals surface area contributed by atoms with Gasteiger partial charge >= 0.3 is 0 Å². The molecule has 16 heavy (non-hydrogen) atoms. The van der Waals surface area contributed by atoms with Crippen molar-refractivity contribution in [3.8, 4) is 0 Å². The highest BCUT2D eigenvalue weighted by atomic mass is 32.1. The van der Waals surface area contributed by atoms with Gasteiger partial charge in [-0.1, -0.05) is 29.0 Å². The summed E-state index contributed by atoms with van der Waals surface area (Å²) in [6.07, 6.45) is 0. The second-order valence-corrected chi connectivity index (χ2v) is 4.35. The van der Waals surface area contributed by atoms with Crippen molar-refractivity contribution in [1.29, 1.82) is 0 Å². The smallest absolute Gasteiger partial charge is 0.257 e. The number of rotatable bonds is 2. The van der Waals surface area contributed by atoms with Gasteiger partial charge in [0, 0.05) is 5.56 Å². The van der Waals surface area contributed by atoms with Gasteiger partial charge in [0.15, 0.2) is 0 Å². The highest BCUT2D eigenvalue weighted by molar-refractivity contribution is 7.13. The summed E-state index contributed by atoms with van der Waals surface area (Å²) in [6, 6.07) is 5.72. The maximum Gasteiger partial charge on any atom is 0.257 e. The topological polar surface area (TPSA) is 54.9 Å². The summed E-state index contributed by atoms with van der Waals surface area (Å²) in [5, 5.41) is 10.6. The van der Waals surface area contributed by atoms with E-state index in [4.69, 9.17) is 0 Å². The van der Waals surface area contributed by atoms with Crippen LogP contribution in [0.5, 0.6) is 0 Å². The summed E-state index contributed by atoms with van der Waals surface area (Å²) >= 11 is 1.30. The Balaban J connectivity index is 2.21. The Kier molecular flexibility index (Phi) is 2.96. The minimum Gasteiger partial charge on any atom is -0.296 e. The minimum atomic E-state index is -0.144.